The zero-order valence-electron chi connectivity index (χ0n) is 23.7. The van der Waals surface area contributed by atoms with Crippen molar-refractivity contribution in [2.75, 3.05) is 26.2 Å². The molecule has 8 atom stereocenters. The molecule has 0 aromatic carbocycles. The van der Waals surface area contributed by atoms with Crippen molar-refractivity contribution in [3.8, 4) is 0 Å². The first-order chi connectivity index (χ1) is 18.0. The maximum atomic E-state index is 13.5. The van der Waals surface area contributed by atoms with Crippen molar-refractivity contribution in [3.05, 3.63) is 11.6 Å². The van der Waals surface area contributed by atoms with E-state index in [1.54, 1.807) is 9.80 Å². The number of carbonyl (C=O) groups excluding carboxylic acids is 3. The second-order valence-corrected chi connectivity index (χ2v) is 14.0. The predicted octanol–water partition coefficient (Wildman–Crippen LogP) is 3.94. The van der Waals surface area contributed by atoms with Gasteiger partial charge in [0.15, 0.2) is 5.72 Å². The van der Waals surface area contributed by atoms with Crippen molar-refractivity contribution in [1.29, 1.82) is 0 Å². The third kappa shape index (κ3) is 3.85. The van der Waals surface area contributed by atoms with E-state index in [1.807, 2.05) is 0 Å². The minimum absolute atomic E-state index is 0.0298. The van der Waals surface area contributed by atoms with Crippen LogP contribution in [0.4, 0.5) is 0 Å². The molecule has 0 aromatic rings. The Balaban J connectivity index is 1.10. The summed E-state index contributed by atoms with van der Waals surface area (Å²) in [6.07, 6.45) is 10.8. The van der Waals surface area contributed by atoms with Crippen molar-refractivity contribution in [2.24, 2.45) is 40.4 Å². The Morgan fingerprint density at radius 1 is 1.11 bits per heavy atom. The minimum Gasteiger partial charge on any atom is -0.393 e. The minimum atomic E-state index is -0.678. The highest BCUT2D eigenvalue weighted by atomic mass is 16.5. The van der Waals surface area contributed by atoms with E-state index in [1.165, 1.54) is 25.3 Å². The van der Waals surface area contributed by atoms with Crippen molar-refractivity contribution in [2.45, 2.75) is 97.3 Å². The quantitative estimate of drug-likeness (QED) is 0.443. The van der Waals surface area contributed by atoms with Gasteiger partial charge in [-0.2, -0.15) is 0 Å². The van der Waals surface area contributed by atoms with Crippen LogP contribution in [0.1, 0.15) is 85.5 Å². The summed E-state index contributed by atoms with van der Waals surface area (Å²) in [7, 11) is 0. The number of carbonyl (C=O) groups is 3. The predicted molar refractivity (Wildman–Crippen MR) is 143 cm³/mol. The molecule has 7 nitrogen and oxygen atoms in total. The zero-order chi connectivity index (χ0) is 27.0. The van der Waals surface area contributed by atoms with Gasteiger partial charge >= 0.3 is 0 Å². The average Bonchev–Trinajstić information content (AvgIpc) is 3.44. The van der Waals surface area contributed by atoms with E-state index in [-0.39, 0.29) is 46.9 Å². The van der Waals surface area contributed by atoms with Crippen LogP contribution in [0.5, 0.6) is 0 Å². The second-order valence-electron chi connectivity index (χ2n) is 14.0. The molecule has 7 heteroatoms. The third-order valence-corrected chi connectivity index (χ3v) is 12.4. The Morgan fingerprint density at radius 3 is 2.61 bits per heavy atom. The fourth-order valence-electron chi connectivity index (χ4n) is 10.2. The molecule has 0 bridgehead atoms. The number of amides is 2. The molecule has 38 heavy (non-hydrogen) atoms. The van der Waals surface area contributed by atoms with E-state index in [2.05, 4.69) is 26.8 Å². The molecular weight excluding hydrogens is 480 g/mol. The van der Waals surface area contributed by atoms with Gasteiger partial charge in [-0.3, -0.25) is 14.4 Å². The first kappa shape index (κ1) is 26.5. The van der Waals surface area contributed by atoms with Crippen molar-refractivity contribution in [3.63, 3.8) is 0 Å². The number of nitrogens with zero attached hydrogens (tertiary/aromatic N) is 2. The van der Waals surface area contributed by atoms with E-state index in [9.17, 15) is 19.5 Å². The summed E-state index contributed by atoms with van der Waals surface area (Å²) in [5.41, 5.74) is 1.20. The molecule has 0 radical (unpaired) electrons. The molecule has 0 unspecified atom stereocenters. The molecular formula is C31H46N2O5. The lowest BCUT2D eigenvalue weighted by molar-refractivity contribution is -0.194. The summed E-state index contributed by atoms with van der Waals surface area (Å²) < 4.78 is 5.84. The summed E-state index contributed by atoms with van der Waals surface area (Å²) in [6.45, 7) is 10.3. The van der Waals surface area contributed by atoms with Gasteiger partial charge in [-0.15, -0.1) is 0 Å². The maximum absolute atomic E-state index is 13.5. The molecule has 2 amide bonds. The van der Waals surface area contributed by atoms with Gasteiger partial charge in [0, 0.05) is 19.4 Å². The topological polar surface area (TPSA) is 87.2 Å². The van der Waals surface area contributed by atoms with E-state index < -0.39 is 5.72 Å². The van der Waals surface area contributed by atoms with Gasteiger partial charge in [0.2, 0.25) is 11.8 Å². The highest BCUT2D eigenvalue weighted by molar-refractivity contribution is 5.99. The first-order valence-electron chi connectivity index (χ1n) is 15.1. The van der Waals surface area contributed by atoms with Crippen molar-refractivity contribution in [1.82, 2.24) is 9.80 Å². The van der Waals surface area contributed by atoms with Crippen LogP contribution in [-0.2, 0) is 19.1 Å². The van der Waals surface area contributed by atoms with Crippen molar-refractivity contribution >= 4 is 17.6 Å². The summed E-state index contributed by atoms with van der Waals surface area (Å²) in [4.78, 5) is 41.9. The van der Waals surface area contributed by atoms with Crippen LogP contribution in [0, 0.1) is 40.4 Å². The monoisotopic (exact) mass is 526 g/mol. The SMILES string of the molecule is CC(=O)N1CCOC12CN(C(=O)CC(=O)[C@H](C)[C@H]1CC[C@H]3[C@@H]4CC=C5C[C@@H](O)CC[C@]5(C)[C@H]4CC[C@@]13C)C2. The molecule has 1 spiro atoms. The number of fused-ring (bicyclic) bond motifs is 5. The number of rotatable bonds is 4. The lowest BCUT2D eigenvalue weighted by atomic mass is 9.47. The van der Waals surface area contributed by atoms with E-state index in [4.69, 9.17) is 4.74 Å². The molecule has 4 aliphatic carbocycles. The Morgan fingerprint density at radius 2 is 1.87 bits per heavy atom. The van der Waals surface area contributed by atoms with Crippen molar-refractivity contribution < 1.29 is 24.2 Å². The molecule has 2 aliphatic heterocycles. The maximum Gasteiger partial charge on any atom is 0.230 e. The van der Waals surface area contributed by atoms with Gasteiger partial charge in [-0.25, -0.2) is 0 Å². The van der Waals surface area contributed by atoms with Crippen LogP contribution in [0.15, 0.2) is 11.6 Å². The summed E-state index contributed by atoms with van der Waals surface area (Å²) in [6, 6.07) is 0. The molecule has 6 rings (SSSR count). The van der Waals surface area contributed by atoms with Crippen LogP contribution in [-0.4, -0.2) is 70.6 Å². The number of Topliss-reactive ketones (excluding diaryl/α,β-unsaturated/α-hetero) is 1. The summed E-state index contributed by atoms with van der Waals surface area (Å²) >= 11 is 0. The number of hydrogen-bond acceptors (Lipinski definition) is 5. The Kier molecular flexibility index (Phi) is 6.38. The Bertz CT molecular complexity index is 1050. The van der Waals surface area contributed by atoms with E-state index in [0.717, 1.165) is 38.5 Å². The standard InChI is InChI=1S/C31H46N2O5/c1-19(27(36)16-28(37)32-17-31(18-32)33(20(2)34)13-14-38-31)24-7-8-25-23-6-5-21-15-22(35)9-11-29(21,3)26(23)10-12-30(24,25)4/h5,19,22-26,35H,6-18H2,1-4H3/t19-,22+,23+,24-,25+,26+,29+,30+/m1/s1. The number of likely N-dealkylation sites (tertiary alicyclic amines) is 1. The van der Waals surface area contributed by atoms with Crippen LogP contribution >= 0.6 is 0 Å². The van der Waals surface area contributed by atoms with Gasteiger partial charge in [-0.1, -0.05) is 32.4 Å². The Hall–Kier alpha value is -1.73. The molecule has 210 valence electrons. The van der Waals surface area contributed by atoms with Crippen LogP contribution in [0.3, 0.4) is 0 Å². The second kappa shape index (κ2) is 9.15. The van der Waals surface area contributed by atoms with Gasteiger partial charge in [-0.05, 0) is 85.9 Å². The van der Waals surface area contributed by atoms with Crippen LogP contribution in [0.25, 0.3) is 0 Å². The fourth-order valence-corrected chi connectivity index (χ4v) is 10.2. The number of hydrogen-bond donors (Lipinski definition) is 1. The number of ether oxygens (including phenoxy) is 1. The third-order valence-electron chi connectivity index (χ3n) is 12.4. The molecule has 2 saturated heterocycles. The largest absolute Gasteiger partial charge is 0.393 e. The van der Waals surface area contributed by atoms with Gasteiger partial charge in [0.1, 0.15) is 5.78 Å². The van der Waals surface area contributed by atoms with E-state index in [0.29, 0.717) is 49.9 Å². The average molecular weight is 527 g/mol. The molecule has 0 aromatic heterocycles. The van der Waals surface area contributed by atoms with Gasteiger partial charge in [0.05, 0.1) is 32.2 Å². The van der Waals surface area contributed by atoms with Gasteiger partial charge < -0.3 is 19.6 Å². The number of allylic oxidation sites excluding steroid dienone is 1. The molecule has 6 aliphatic rings. The molecule has 5 fully saturated rings. The summed E-state index contributed by atoms with van der Waals surface area (Å²) in [5, 5.41) is 10.3. The molecule has 2 heterocycles. The number of aliphatic hydroxyl groups excluding tert-OH is 1. The summed E-state index contributed by atoms with van der Waals surface area (Å²) in [5.74, 6) is 2.10. The fraction of sp³-hybridized carbons (Fsp3) is 0.839. The number of aliphatic hydroxyl groups is 1. The van der Waals surface area contributed by atoms with E-state index >= 15 is 0 Å². The normalized spacial score (nSPS) is 42.0. The highest BCUT2D eigenvalue weighted by Crippen LogP contribution is 2.67. The number of ketones is 1. The van der Waals surface area contributed by atoms with Crippen LogP contribution in [0.2, 0.25) is 0 Å². The van der Waals surface area contributed by atoms with Crippen LogP contribution < -0.4 is 0 Å². The lowest BCUT2D eigenvalue weighted by Gasteiger charge is -2.58. The molecule has 3 saturated carbocycles. The lowest BCUT2D eigenvalue weighted by Crippen LogP contribution is -2.70. The highest BCUT2D eigenvalue weighted by Gasteiger charge is 2.60. The Labute approximate surface area is 227 Å². The zero-order valence-corrected chi connectivity index (χ0v) is 23.7. The molecule has 1 N–H and O–H groups in total. The van der Waals surface area contributed by atoms with Gasteiger partial charge in [0.25, 0.3) is 0 Å². The first-order valence-corrected chi connectivity index (χ1v) is 15.1. The smallest absolute Gasteiger partial charge is 0.230 e.